The van der Waals surface area contributed by atoms with Crippen LogP contribution >= 0.6 is 25.3 Å². The summed E-state index contributed by atoms with van der Waals surface area (Å²) in [4.78, 5) is 12.7. The van der Waals surface area contributed by atoms with Gasteiger partial charge in [0.1, 0.15) is 5.82 Å². The molecule has 3 rings (SSSR count). The first kappa shape index (κ1) is 20.1. The van der Waals surface area contributed by atoms with Crippen LogP contribution in [0.25, 0.3) is 10.9 Å². The van der Waals surface area contributed by atoms with Gasteiger partial charge in [-0.15, -0.1) is 25.3 Å². The van der Waals surface area contributed by atoms with E-state index in [-0.39, 0.29) is 0 Å². The molecule has 2 aromatic rings. The number of anilines is 2. The molecular weight excluding hydrogens is 374 g/mol. The lowest BCUT2D eigenvalue weighted by Gasteiger charge is -2.25. The number of nitrogens with one attached hydrogen (secondary N) is 1. The Balaban J connectivity index is 1.55. The largest absolute Gasteiger partial charge is 0.389 e. The minimum absolute atomic E-state index is 0.467. The zero-order valence-electron chi connectivity index (χ0n) is 15.9. The van der Waals surface area contributed by atoms with Crippen molar-refractivity contribution in [1.82, 2.24) is 15.3 Å². The van der Waals surface area contributed by atoms with Gasteiger partial charge in [0.25, 0.3) is 0 Å². The summed E-state index contributed by atoms with van der Waals surface area (Å²) >= 11 is 8.80. The first-order chi connectivity index (χ1) is 13.0. The Labute approximate surface area is 172 Å². The fourth-order valence-corrected chi connectivity index (χ4v) is 3.98. The summed E-state index contributed by atoms with van der Waals surface area (Å²) in [6.45, 7) is 5.99. The molecule has 1 heterocycles. The van der Waals surface area contributed by atoms with Crippen LogP contribution in [-0.4, -0.2) is 30.1 Å². The van der Waals surface area contributed by atoms with Gasteiger partial charge in [-0.1, -0.05) is 25.8 Å². The van der Waals surface area contributed by atoms with Crippen molar-refractivity contribution < 1.29 is 0 Å². The maximum Gasteiger partial charge on any atom is 0.227 e. The number of nitrogens with two attached hydrogens (primary N) is 1. The molecule has 1 aliphatic carbocycles. The van der Waals surface area contributed by atoms with Crippen molar-refractivity contribution in [2.75, 3.05) is 30.8 Å². The smallest absolute Gasteiger partial charge is 0.227 e. The number of fused-ring (bicyclic) bond motifs is 1. The maximum absolute atomic E-state index is 6.13. The second kappa shape index (κ2) is 9.06. The quantitative estimate of drug-likeness (QED) is 0.410. The molecular formula is C20H29N5S2. The zero-order valence-corrected chi connectivity index (χ0v) is 17.7. The molecule has 1 aliphatic rings. The molecule has 1 aromatic carbocycles. The highest BCUT2D eigenvalue weighted by Crippen LogP contribution is 2.29. The van der Waals surface area contributed by atoms with Crippen molar-refractivity contribution in [3.8, 4) is 0 Å². The predicted molar refractivity (Wildman–Crippen MR) is 120 cm³/mol. The molecule has 0 spiro atoms. The van der Waals surface area contributed by atoms with Crippen molar-refractivity contribution in [2.45, 2.75) is 48.3 Å². The Morgan fingerprint density at radius 3 is 2.67 bits per heavy atom. The number of aromatic nitrogens is 2. The van der Waals surface area contributed by atoms with Crippen molar-refractivity contribution in [1.29, 1.82) is 0 Å². The Hall–Kier alpha value is -1.60. The second-order valence-electron chi connectivity index (χ2n) is 7.33. The molecule has 1 saturated carbocycles. The van der Waals surface area contributed by atoms with Crippen LogP contribution in [0.15, 0.2) is 34.2 Å². The van der Waals surface area contributed by atoms with Gasteiger partial charge < -0.3 is 16.0 Å². The third kappa shape index (κ3) is 5.02. The van der Waals surface area contributed by atoms with E-state index < -0.39 is 0 Å². The monoisotopic (exact) mass is 403 g/mol. The van der Waals surface area contributed by atoms with E-state index in [2.05, 4.69) is 47.1 Å². The van der Waals surface area contributed by atoms with E-state index in [4.69, 9.17) is 5.73 Å². The molecule has 0 radical (unpaired) electrons. The molecule has 1 aromatic heterocycles. The normalized spacial score (nSPS) is 15.1. The highest BCUT2D eigenvalue weighted by molar-refractivity contribution is 7.83. The van der Waals surface area contributed by atoms with Gasteiger partial charge in [0.2, 0.25) is 5.95 Å². The average molecular weight is 404 g/mol. The van der Waals surface area contributed by atoms with Gasteiger partial charge in [-0.05, 0) is 37.3 Å². The minimum Gasteiger partial charge on any atom is -0.389 e. The molecule has 1 fully saturated rings. The predicted octanol–water partition coefficient (Wildman–Crippen LogP) is 4.30. The SMILES string of the molecule is C=C(NCCCN(C)c1nc(N)c2cc(S)c(S)cc2n1)C1CCCCC1. The summed E-state index contributed by atoms with van der Waals surface area (Å²) in [5, 5.41) is 4.31. The Morgan fingerprint density at radius 2 is 1.93 bits per heavy atom. The third-order valence-corrected chi connectivity index (χ3v) is 6.19. The molecule has 0 unspecified atom stereocenters. The lowest BCUT2D eigenvalue weighted by atomic mass is 9.87. The number of thiol groups is 2. The lowest BCUT2D eigenvalue weighted by Crippen LogP contribution is -2.27. The number of nitrogens with zero attached hydrogens (tertiary/aromatic N) is 3. The average Bonchev–Trinajstić information content (AvgIpc) is 2.67. The summed E-state index contributed by atoms with van der Waals surface area (Å²) in [5.74, 6) is 1.74. The Morgan fingerprint density at radius 1 is 1.22 bits per heavy atom. The van der Waals surface area contributed by atoms with Crippen LogP contribution < -0.4 is 16.0 Å². The zero-order chi connectivity index (χ0) is 19.4. The van der Waals surface area contributed by atoms with Crippen LogP contribution in [0, 0.1) is 5.92 Å². The van der Waals surface area contributed by atoms with Gasteiger partial charge >= 0.3 is 0 Å². The maximum atomic E-state index is 6.13. The first-order valence-electron chi connectivity index (χ1n) is 9.58. The summed E-state index contributed by atoms with van der Waals surface area (Å²) in [6, 6.07) is 3.74. The van der Waals surface area contributed by atoms with Gasteiger partial charge in [0.15, 0.2) is 0 Å². The number of hydrogen-bond acceptors (Lipinski definition) is 7. The Kier molecular flexibility index (Phi) is 6.76. The molecule has 0 saturated heterocycles. The van der Waals surface area contributed by atoms with E-state index in [1.54, 1.807) is 0 Å². The molecule has 5 nitrogen and oxygen atoms in total. The first-order valence-corrected chi connectivity index (χ1v) is 10.5. The topological polar surface area (TPSA) is 67.1 Å². The number of rotatable bonds is 7. The molecule has 0 aliphatic heterocycles. The van der Waals surface area contributed by atoms with E-state index in [0.717, 1.165) is 40.2 Å². The Bertz CT molecular complexity index is 818. The van der Waals surface area contributed by atoms with E-state index in [1.165, 1.54) is 37.8 Å². The van der Waals surface area contributed by atoms with Crippen LogP contribution in [-0.2, 0) is 0 Å². The van der Waals surface area contributed by atoms with Crippen molar-refractivity contribution in [2.24, 2.45) is 5.92 Å². The van der Waals surface area contributed by atoms with E-state index in [9.17, 15) is 0 Å². The summed E-state index contributed by atoms with van der Waals surface area (Å²) in [5.41, 5.74) is 8.12. The van der Waals surface area contributed by atoms with Gasteiger partial charge in [-0.2, -0.15) is 4.98 Å². The van der Waals surface area contributed by atoms with E-state index in [0.29, 0.717) is 17.7 Å². The van der Waals surface area contributed by atoms with Gasteiger partial charge in [-0.25, -0.2) is 4.98 Å². The highest BCUT2D eigenvalue weighted by atomic mass is 32.1. The van der Waals surface area contributed by atoms with Crippen LogP contribution in [0.1, 0.15) is 38.5 Å². The summed E-state index contributed by atoms with van der Waals surface area (Å²) < 4.78 is 0. The molecule has 27 heavy (non-hydrogen) atoms. The number of benzene rings is 1. The molecule has 0 atom stereocenters. The van der Waals surface area contributed by atoms with Gasteiger partial charge in [0, 0.05) is 41.0 Å². The van der Waals surface area contributed by atoms with Crippen molar-refractivity contribution in [3.63, 3.8) is 0 Å². The van der Waals surface area contributed by atoms with Crippen LogP contribution in [0.3, 0.4) is 0 Å². The van der Waals surface area contributed by atoms with Crippen molar-refractivity contribution >= 4 is 47.9 Å². The third-order valence-electron chi connectivity index (χ3n) is 5.27. The fraction of sp³-hybridized carbons (Fsp3) is 0.500. The molecule has 0 bridgehead atoms. The number of allylic oxidation sites excluding steroid dienone is 1. The van der Waals surface area contributed by atoms with Crippen LogP contribution in [0.4, 0.5) is 11.8 Å². The fourth-order valence-electron chi connectivity index (χ4n) is 3.60. The highest BCUT2D eigenvalue weighted by Gasteiger charge is 2.16. The number of hydrogen-bond donors (Lipinski definition) is 4. The van der Waals surface area contributed by atoms with Gasteiger partial charge in [0.05, 0.1) is 5.52 Å². The van der Waals surface area contributed by atoms with E-state index >= 15 is 0 Å². The van der Waals surface area contributed by atoms with Crippen molar-refractivity contribution in [3.05, 3.63) is 24.4 Å². The minimum atomic E-state index is 0.467. The second-order valence-corrected chi connectivity index (χ2v) is 8.29. The standard InChI is InChI=1S/C20H29N5S2/c1-13(14-7-4-3-5-8-14)22-9-6-10-25(2)20-23-16-12-18(27)17(26)11-15(16)19(21)24-20/h11-12,14,22,26-27H,1,3-10H2,2H3,(H2,21,23,24). The van der Waals surface area contributed by atoms with Crippen LogP contribution in [0.5, 0.6) is 0 Å². The van der Waals surface area contributed by atoms with Gasteiger partial charge in [-0.3, -0.25) is 0 Å². The molecule has 146 valence electrons. The number of nitrogen functional groups attached to an aromatic ring is 1. The molecule has 0 amide bonds. The summed E-state index contributed by atoms with van der Waals surface area (Å²) in [7, 11) is 1.99. The molecule has 3 N–H and O–H groups in total. The lowest BCUT2D eigenvalue weighted by molar-refractivity contribution is 0.386. The van der Waals surface area contributed by atoms with E-state index in [1.807, 2.05) is 24.1 Å². The van der Waals surface area contributed by atoms with Crippen LogP contribution in [0.2, 0.25) is 0 Å². The molecule has 7 heteroatoms. The summed E-state index contributed by atoms with van der Waals surface area (Å²) in [6.07, 6.45) is 7.56.